The Balaban J connectivity index is 1.75. The summed E-state index contributed by atoms with van der Waals surface area (Å²) in [4.78, 5) is 27.3. The lowest BCUT2D eigenvalue weighted by Crippen LogP contribution is -2.31. The zero-order chi connectivity index (χ0) is 23.5. The molecule has 2 aromatic carbocycles. The molecule has 33 heavy (non-hydrogen) atoms. The smallest absolute Gasteiger partial charge is 0.338 e. The van der Waals surface area contributed by atoms with Gasteiger partial charge in [-0.25, -0.2) is 4.79 Å². The number of nitrogens with zero attached hydrogens (tertiary/aromatic N) is 1. The Bertz CT molecular complexity index is 944. The molecular weight excluding hydrogens is 412 g/mol. The van der Waals surface area contributed by atoms with Crippen LogP contribution >= 0.6 is 0 Å². The van der Waals surface area contributed by atoms with Gasteiger partial charge in [-0.1, -0.05) is 49.8 Å². The molecule has 0 atom stereocenters. The minimum atomic E-state index is -0.344. The molecule has 1 saturated heterocycles. The van der Waals surface area contributed by atoms with Crippen molar-refractivity contribution in [1.82, 2.24) is 5.32 Å². The Morgan fingerprint density at radius 2 is 1.73 bits per heavy atom. The molecule has 0 bridgehead atoms. The van der Waals surface area contributed by atoms with Crippen molar-refractivity contribution in [3.05, 3.63) is 71.3 Å². The molecule has 176 valence electrons. The van der Waals surface area contributed by atoms with Crippen LogP contribution in [0.4, 0.5) is 5.69 Å². The van der Waals surface area contributed by atoms with Gasteiger partial charge in [0.1, 0.15) is 0 Å². The highest BCUT2D eigenvalue weighted by Crippen LogP contribution is 2.29. The number of hydrogen-bond donors (Lipinski definition) is 1. The molecule has 1 amide bonds. The molecule has 1 fully saturated rings. The number of anilines is 1. The molecule has 1 aliphatic rings. The van der Waals surface area contributed by atoms with Crippen LogP contribution < -0.4 is 10.2 Å². The zero-order valence-electron chi connectivity index (χ0n) is 19.9. The number of hydrogen-bond acceptors (Lipinski definition) is 4. The van der Waals surface area contributed by atoms with Crippen LogP contribution in [0.5, 0.6) is 0 Å². The summed E-state index contributed by atoms with van der Waals surface area (Å²) < 4.78 is 5.03. The third-order valence-corrected chi connectivity index (χ3v) is 5.90. The molecule has 5 nitrogen and oxygen atoms in total. The highest BCUT2D eigenvalue weighted by molar-refractivity contribution is 5.91. The van der Waals surface area contributed by atoms with Crippen molar-refractivity contribution in [2.24, 2.45) is 0 Å². The normalized spacial score (nSPS) is 14.1. The van der Waals surface area contributed by atoms with E-state index in [0.717, 1.165) is 49.2 Å². The van der Waals surface area contributed by atoms with E-state index in [0.29, 0.717) is 12.2 Å². The Labute approximate surface area is 197 Å². The van der Waals surface area contributed by atoms with Crippen molar-refractivity contribution in [3.8, 4) is 0 Å². The molecule has 5 heteroatoms. The van der Waals surface area contributed by atoms with Gasteiger partial charge in [0.05, 0.1) is 18.6 Å². The van der Waals surface area contributed by atoms with E-state index in [1.807, 2.05) is 18.2 Å². The molecule has 2 aromatic rings. The van der Waals surface area contributed by atoms with E-state index in [4.69, 9.17) is 4.74 Å². The van der Waals surface area contributed by atoms with Gasteiger partial charge in [-0.2, -0.15) is 0 Å². The number of rotatable bonds is 10. The summed E-state index contributed by atoms with van der Waals surface area (Å²) >= 11 is 0. The van der Waals surface area contributed by atoms with E-state index in [-0.39, 0.29) is 18.3 Å². The largest absolute Gasteiger partial charge is 0.462 e. The monoisotopic (exact) mass is 448 g/mol. The average molecular weight is 449 g/mol. The van der Waals surface area contributed by atoms with Crippen LogP contribution in [0.1, 0.15) is 73.9 Å². The lowest BCUT2D eigenvalue weighted by Gasteiger charge is -2.31. The Morgan fingerprint density at radius 1 is 1.00 bits per heavy atom. The predicted octanol–water partition coefficient (Wildman–Crippen LogP) is 5.74. The summed E-state index contributed by atoms with van der Waals surface area (Å²) in [5.41, 5.74) is 4.52. The first-order valence-electron chi connectivity index (χ1n) is 12.2. The van der Waals surface area contributed by atoms with Crippen molar-refractivity contribution in [2.45, 2.75) is 58.8 Å². The highest BCUT2D eigenvalue weighted by atomic mass is 16.5. The fourth-order valence-electron chi connectivity index (χ4n) is 4.14. The van der Waals surface area contributed by atoms with Crippen molar-refractivity contribution in [3.63, 3.8) is 0 Å². The van der Waals surface area contributed by atoms with Crippen molar-refractivity contribution >= 4 is 23.3 Å². The van der Waals surface area contributed by atoms with E-state index >= 15 is 0 Å². The van der Waals surface area contributed by atoms with Gasteiger partial charge in [0.15, 0.2) is 0 Å². The van der Waals surface area contributed by atoms with Crippen LogP contribution in [0.3, 0.4) is 0 Å². The minimum Gasteiger partial charge on any atom is -0.462 e. The summed E-state index contributed by atoms with van der Waals surface area (Å²) in [7, 11) is 0. The number of amides is 1. The van der Waals surface area contributed by atoms with Gasteiger partial charge in [0, 0.05) is 30.0 Å². The first-order chi connectivity index (χ1) is 16.1. The van der Waals surface area contributed by atoms with Gasteiger partial charge in [-0.3, -0.25) is 4.79 Å². The van der Waals surface area contributed by atoms with Gasteiger partial charge < -0.3 is 15.0 Å². The fourth-order valence-corrected chi connectivity index (χ4v) is 4.14. The van der Waals surface area contributed by atoms with Gasteiger partial charge in [-0.15, -0.1) is 0 Å². The number of piperidine rings is 1. The summed E-state index contributed by atoms with van der Waals surface area (Å²) in [5.74, 6) is -0.404. The molecule has 3 rings (SSSR count). The second kappa shape index (κ2) is 12.8. The van der Waals surface area contributed by atoms with E-state index < -0.39 is 0 Å². The van der Waals surface area contributed by atoms with Gasteiger partial charge in [0.25, 0.3) is 0 Å². The topological polar surface area (TPSA) is 58.6 Å². The number of carbonyl (C=O) groups is 2. The number of benzene rings is 2. The van der Waals surface area contributed by atoms with Crippen LogP contribution in [-0.2, 0) is 16.0 Å². The standard InChI is InChI=1S/C28H36N2O3/c1-3-5-7-13-25(24-12-8-9-14-26(24)30-19-10-6-11-20-30)29-27(31)21-22-15-17-23(18-16-22)28(32)33-4-2/h8-9,12-18H,3-7,10-11,19-21H2,1-2H3,(H,29,31)/b25-13+. The molecule has 1 N–H and O–H groups in total. The van der Waals surface area contributed by atoms with E-state index in [9.17, 15) is 9.59 Å². The molecule has 0 aliphatic carbocycles. The van der Waals surface area contributed by atoms with Crippen molar-refractivity contribution in [1.29, 1.82) is 0 Å². The van der Waals surface area contributed by atoms with Crippen LogP contribution in [0, 0.1) is 0 Å². The summed E-state index contributed by atoms with van der Waals surface area (Å²) in [5, 5.41) is 3.18. The second-order valence-electron chi connectivity index (χ2n) is 8.47. The van der Waals surface area contributed by atoms with Crippen LogP contribution in [0.2, 0.25) is 0 Å². The minimum absolute atomic E-state index is 0.0601. The first kappa shape index (κ1) is 24.6. The number of unbranched alkanes of at least 4 members (excludes halogenated alkanes) is 2. The average Bonchev–Trinajstić information content (AvgIpc) is 2.85. The molecule has 0 radical (unpaired) electrons. The maximum Gasteiger partial charge on any atom is 0.338 e. The summed E-state index contributed by atoms with van der Waals surface area (Å²) in [6.45, 7) is 6.41. The molecule has 0 aromatic heterocycles. The number of nitrogens with one attached hydrogen (secondary N) is 1. The quantitative estimate of drug-likeness (QED) is 0.372. The maximum atomic E-state index is 13.0. The van der Waals surface area contributed by atoms with E-state index in [1.165, 1.54) is 24.9 Å². The Morgan fingerprint density at radius 3 is 2.42 bits per heavy atom. The number of allylic oxidation sites excluding steroid dienone is 1. The highest BCUT2D eigenvalue weighted by Gasteiger charge is 2.18. The third kappa shape index (κ3) is 7.21. The van der Waals surface area contributed by atoms with E-state index in [2.05, 4.69) is 41.4 Å². The lowest BCUT2D eigenvalue weighted by atomic mass is 10.0. The Kier molecular flexibility index (Phi) is 9.55. The second-order valence-corrected chi connectivity index (χ2v) is 8.47. The number of carbonyl (C=O) groups excluding carboxylic acids is 2. The molecule has 1 aliphatic heterocycles. The van der Waals surface area contributed by atoms with Crippen LogP contribution in [0.15, 0.2) is 54.6 Å². The predicted molar refractivity (Wildman–Crippen MR) is 134 cm³/mol. The SMILES string of the molecule is CCCC/C=C(/NC(=O)Cc1ccc(C(=O)OCC)cc1)c1ccccc1N1CCCCC1. The van der Waals surface area contributed by atoms with Crippen LogP contribution in [0.25, 0.3) is 5.70 Å². The maximum absolute atomic E-state index is 13.0. The van der Waals surface area contributed by atoms with Crippen molar-refractivity contribution < 1.29 is 14.3 Å². The summed E-state index contributed by atoms with van der Waals surface area (Å²) in [6.07, 6.45) is 9.22. The molecule has 0 spiro atoms. The lowest BCUT2D eigenvalue weighted by molar-refractivity contribution is -0.119. The number of ether oxygens (including phenoxy) is 1. The molecular formula is C28H36N2O3. The van der Waals surface area contributed by atoms with Gasteiger partial charge in [-0.05, 0) is 62.8 Å². The van der Waals surface area contributed by atoms with Gasteiger partial charge >= 0.3 is 5.97 Å². The summed E-state index contributed by atoms with van der Waals surface area (Å²) in [6, 6.07) is 15.4. The van der Waals surface area contributed by atoms with Crippen molar-refractivity contribution in [2.75, 3.05) is 24.6 Å². The molecule has 0 saturated carbocycles. The number of esters is 1. The van der Waals surface area contributed by atoms with Gasteiger partial charge in [0.2, 0.25) is 5.91 Å². The Hall–Kier alpha value is -3.08. The van der Waals surface area contributed by atoms with Crippen LogP contribution in [-0.4, -0.2) is 31.6 Å². The zero-order valence-corrected chi connectivity index (χ0v) is 19.9. The van der Waals surface area contributed by atoms with E-state index in [1.54, 1.807) is 19.1 Å². The first-order valence-corrected chi connectivity index (χ1v) is 12.2. The fraction of sp³-hybridized carbons (Fsp3) is 0.429. The number of para-hydroxylation sites is 1. The molecule has 0 unspecified atom stereocenters. The molecule has 1 heterocycles. The third-order valence-electron chi connectivity index (χ3n) is 5.90.